The first-order chi connectivity index (χ1) is 5.59. The van der Waals surface area contributed by atoms with E-state index in [1.54, 1.807) is 0 Å². The number of carboxylic acid groups (broad SMARTS) is 1. The van der Waals surface area contributed by atoms with Crippen molar-refractivity contribution >= 4 is 11.8 Å². The number of carbonyl (C=O) groups excluding carboxylic acids is 1. The topological polar surface area (TPSA) is 74.6 Å². The number of aliphatic carboxylic acids is 1. The van der Waals surface area contributed by atoms with E-state index in [-0.39, 0.29) is 12.2 Å². The van der Waals surface area contributed by atoms with Gasteiger partial charge in [0, 0.05) is 12.3 Å². The summed E-state index contributed by atoms with van der Waals surface area (Å²) in [6.45, 7) is 0. The number of hydrogen-bond donors (Lipinski definition) is 2. The summed E-state index contributed by atoms with van der Waals surface area (Å²) < 4.78 is 0. The minimum absolute atomic E-state index is 0.0253. The van der Waals surface area contributed by atoms with Crippen molar-refractivity contribution in [3.05, 3.63) is 0 Å². The molecular formula is C8H12O4. The normalized spacial score (nSPS) is 30.2. The molecule has 1 aliphatic carbocycles. The van der Waals surface area contributed by atoms with E-state index in [1.165, 1.54) is 0 Å². The van der Waals surface area contributed by atoms with Gasteiger partial charge in [-0.2, -0.15) is 0 Å². The molecule has 0 heterocycles. The highest BCUT2D eigenvalue weighted by Gasteiger charge is 2.28. The molecule has 0 aromatic carbocycles. The molecule has 0 amide bonds. The van der Waals surface area contributed by atoms with Gasteiger partial charge in [0.1, 0.15) is 5.78 Å². The molecule has 2 atom stereocenters. The Bertz CT molecular complexity index is 199. The van der Waals surface area contributed by atoms with Crippen LogP contribution in [0.4, 0.5) is 0 Å². The van der Waals surface area contributed by atoms with Crippen LogP contribution in [0.5, 0.6) is 0 Å². The van der Waals surface area contributed by atoms with Crippen molar-refractivity contribution in [2.45, 2.75) is 31.8 Å². The standard InChI is InChI=1S/C8H12O4/c9-6-1-2-7(10)5(3-6)4-8(11)12/h5-6,9H,1-4H2,(H,11,12)/t5-,6-/m1/s1. The van der Waals surface area contributed by atoms with Crippen LogP contribution in [0.3, 0.4) is 0 Å². The van der Waals surface area contributed by atoms with Gasteiger partial charge in [-0.15, -0.1) is 0 Å². The maximum atomic E-state index is 11.1. The molecule has 0 unspecified atom stereocenters. The Balaban J connectivity index is 2.49. The van der Waals surface area contributed by atoms with Gasteiger partial charge < -0.3 is 10.2 Å². The van der Waals surface area contributed by atoms with Gasteiger partial charge in [-0.1, -0.05) is 0 Å². The summed E-state index contributed by atoms with van der Waals surface area (Å²) in [5, 5.41) is 17.6. The summed E-state index contributed by atoms with van der Waals surface area (Å²) in [6.07, 6.45) is 0.474. The van der Waals surface area contributed by atoms with Gasteiger partial charge in [0.05, 0.1) is 12.5 Å². The predicted molar refractivity (Wildman–Crippen MR) is 40.6 cm³/mol. The van der Waals surface area contributed by atoms with Crippen LogP contribution in [0.2, 0.25) is 0 Å². The number of rotatable bonds is 2. The number of aliphatic hydroxyl groups excluding tert-OH is 1. The van der Waals surface area contributed by atoms with Crippen LogP contribution < -0.4 is 0 Å². The second kappa shape index (κ2) is 3.67. The van der Waals surface area contributed by atoms with E-state index in [0.717, 1.165) is 0 Å². The van der Waals surface area contributed by atoms with Crippen LogP contribution in [-0.2, 0) is 9.59 Å². The Morgan fingerprint density at radius 1 is 1.58 bits per heavy atom. The molecule has 0 aromatic heterocycles. The van der Waals surface area contributed by atoms with Gasteiger partial charge in [-0.25, -0.2) is 0 Å². The van der Waals surface area contributed by atoms with Crippen molar-refractivity contribution in [3.8, 4) is 0 Å². The van der Waals surface area contributed by atoms with Gasteiger partial charge in [-0.05, 0) is 12.8 Å². The molecule has 1 aliphatic rings. The number of carbonyl (C=O) groups is 2. The first kappa shape index (κ1) is 9.19. The molecule has 0 radical (unpaired) electrons. The fourth-order valence-corrected chi connectivity index (χ4v) is 1.50. The fraction of sp³-hybridized carbons (Fsp3) is 0.750. The van der Waals surface area contributed by atoms with Crippen LogP contribution in [-0.4, -0.2) is 28.1 Å². The molecule has 1 fully saturated rings. The van der Waals surface area contributed by atoms with Gasteiger partial charge in [-0.3, -0.25) is 9.59 Å². The molecule has 0 aromatic rings. The Labute approximate surface area is 70.2 Å². The van der Waals surface area contributed by atoms with Gasteiger partial charge in [0.15, 0.2) is 0 Å². The van der Waals surface area contributed by atoms with Crippen molar-refractivity contribution < 1.29 is 19.8 Å². The second-order valence-electron chi connectivity index (χ2n) is 3.19. The van der Waals surface area contributed by atoms with E-state index in [4.69, 9.17) is 10.2 Å². The molecule has 12 heavy (non-hydrogen) atoms. The lowest BCUT2D eigenvalue weighted by atomic mass is 9.84. The zero-order valence-electron chi connectivity index (χ0n) is 6.69. The number of ketones is 1. The van der Waals surface area contributed by atoms with E-state index in [0.29, 0.717) is 19.3 Å². The average molecular weight is 172 g/mol. The summed E-state index contributed by atoms with van der Waals surface area (Å²) >= 11 is 0. The van der Waals surface area contributed by atoms with Crippen LogP contribution >= 0.6 is 0 Å². The van der Waals surface area contributed by atoms with Crippen molar-refractivity contribution in [2.24, 2.45) is 5.92 Å². The number of hydrogen-bond acceptors (Lipinski definition) is 3. The second-order valence-corrected chi connectivity index (χ2v) is 3.19. The van der Waals surface area contributed by atoms with Crippen molar-refractivity contribution in [2.75, 3.05) is 0 Å². The lowest BCUT2D eigenvalue weighted by Gasteiger charge is -2.23. The number of aliphatic hydroxyl groups is 1. The lowest BCUT2D eigenvalue weighted by Crippen LogP contribution is -2.29. The number of carboxylic acids is 1. The molecular weight excluding hydrogens is 160 g/mol. The molecule has 0 aliphatic heterocycles. The third-order valence-electron chi connectivity index (χ3n) is 2.16. The van der Waals surface area contributed by atoms with E-state index < -0.39 is 18.0 Å². The highest BCUT2D eigenvalue weighted by Crippen LogP contribution is 2.23. The van der Waals surface area contributed by atoms with Crippen LogP contribution in [0.15, 0.2) is 0 Å². The first-order valence-electron chi connectivity index (χ1n) is 4.02. The Kier molecular flexibility index (Phi) is 2.81. The summed E-state index contributed by atoms with van der Waals surface area (Å²) in [4.78, 5) is 21.4. The molecule has 0 bridgehead atoms. The molecule has 1 rings (SSSR count). The summed E-state index contributed by atoms with van der Waals surface area (Å²) in [7, 11) is 0. The third kappa shape index (κ3) is 2.30. The predicted octanol–water partition coefficient (Wildman–Crippen LogP) is 0.191. The van der Waals surface area contributed by atoms with Gasteiger partial charge in [0.2, 0.25) is 0 Å². The molecule has 0 saturated heterocycles. The van der Waals surface area contributed by atoms with E-state index >= 15 is 0 Å². The minimum Gasteiger partial charge on any atom is -0.481 e. The van der Waals surface area contributed by atoms with Gasteiger partial charge in [0.25, 0.3) is 0 Å². The van der Waals surface area contributed by atoms with E-state index in [1.807, 2.05) is 0 Å². The molecule has 2 N–H and O–H groups in total. The Hall–Kier alpha value is -0.900. The first-order valence-corrected chi connectivity index (χ1v) is 4.02. The van der Waals surface area contributed by atoms with E-state index in [2.05, 4.69) is 0 Å². The van der Waals surface area contributed by atoms with Crippen molar-refractivity contribution in [1.82, 2.24) is 0 Å². The van der Waals surface area contributed by atoms with Crippen LogP contribution in [0.25, 0.3) is 0 Å². The largest absolute Gasteiger partial charge is 0.481 e. The Morgan fingerprint density at radius 2 is 2.25 bits per heavy atom. The quantitative estimate of drug-likeness (QED) is 0.623. The van der Waals surface area contributed by atoms with Crippen LogP contribution in [0, 0.1) is 5.92 Å². The minimum atomic E-state index is -0.970. The van der Waals surface area contributed by atoms with Crippen molar-refractivity contribution in [1.29, 1.82) is 0 Å². The zero-order valence-corrected chi connectivity index (χ0v) is 6.69. The Morgan fingerprint density at radius 3 is 2.83 bits per heavy atom. The maximum absolute atomic E-state index is 11.1. The zero-order chi connectivity index (χ0) is 9.14. The SMILES string of the molecule is O=C(O)C[C@H]1C[C@H](O)CCC1=O. The lowest BCUT2D eigenvalue weighted by molar-refractivity contribution is -0.142. The van der Waals surface area contributed by atoms with Crippen LogP contribution in [0.1, 0.15) is 25.7 Å². The summed E-state index contributed by atoms with van der Waals surface area (Å²) in [5.74, 6) is -1.46. The van der Waals surface area contributed by atoms with Crippen molar-refractivity contribution in [3.63, 3.8) is 0 Å². The van der Waals surface area contributed by atoms with E-state index in [9.17, 15) is 9.59 Å². The highest BCUT2D eigenvalue weighted by atomic mass is 16.4. The molecule has 68 valence electrons. The summed E-state index contributed by atoms with van der Waals surface area (Å²) in [5.41, 5.74) is 0. The molecule has 4 nitrogen and oxygen atoms in total. The third-order valence-corrected chi connectivity index (χ3v) is 2.16. The highest BCUT2D eigenvalue weighted by molar-refractivity contribution is 5.85. The fourth-order valence-electron chi connectivity index (χ4n) is 1.50. The number of Topliss-reactive ketones (excluding diaryl/α,β-unsaturated/α-hetero) is 1. The monoisotopic (exact) mass is 172 g/mol. The maximum Gasteiger partial charge on any atom is 0.304 e. The summed E-state index contributed by atoms with van der Waals surface area (Å²) in [6, 6.07) is 0. The van der Waals surface area contributed by atoms with Gasteiger partial charge >= 0.3 is 5.97 Å². The molecule has 1 saturated carbocycles. The molecule has 0 spiro atoms. The molecule has 4 heteroatoms. The average Bonchev–Trinajstić information content (AvgIpc) is 1.96. The smallest absolute Gasteiger partial charge is 0.304 e.